The average Bonchev–Trinajstić information content (AvgIpc) is 2.32. The van der Waals surface area contributed by atoms with E-state index >= 15 is 0 Å². The average molecular weight is 251 g/mol. The molecular weight excluding hydrogens is 229 g/mol. The van der Waals surface area contributed by atoms with E-state index in [1.54, 1.807) is 6.07 Å². The normalized spacial score (nSPS) is 20.6. The number of ether oxygens (including phenoxy) is 1. The minimum Gasteiger partial charge on any atom is -0.381 e. The predicted molar refractivity (Wildman–Crippen MR) is 70.9 cm³/mol. The fraction of sp³-hybridized carbons (Fsp3) is 0.600. The van der Waals surface area contributed by atoms with E-state index in [1.165, 1.54) is 6.07 Å². The number of nitrogens with two attached hydrogens (primary N) is 1. The van der Waals surface area contributed by atoms with Gasteiger partial charge in [-0.2, -0.15) is 0 Å². The zero-order valence-corrected chi connectivity index (χ0v) is 11.0. The molecule has 18 heavy (non-hydrogen) atoms. The lowest BCUT2D eigenvalue weighted by Gasteiger charge is -2.32. The lowest BCUT2D eigenvalue weighted by atomic mass is 9.81. The van der Waals surface area contributed by atoms with Crippen LogP contribution in [0.15, 0.2) is 24.3 Å². The second kappa shape index (κ2) is 5.81. The quantitative estimate of drug-likeness (QED) is 0.893. The first kappa shape index (κ1) is 13.5. The molecule has 100 valence electrons. The van der Waals surface area contributed by atoms with Gasteiger partial charge in [0.1, 0.15) is 5.82 Å². The molecule has 2 N–H and O–H groups in total. The zero-order valence-electron chi connectivity index (χ0n) is 11.0. The molecule has 0 amide bonds. The second-order valence-electron chi connectivity index (χ2n) is 5.68. The van der Waals surface area contributed by atoms with Crippen LogP contribution in [-0.2, 0) is 11.2 Å². The molecule has 0 radical (unpaired) electrons. The van der Waals surface area contributed by atoms with Crippen LogP contribution >= 0.6 is 0 Å². The lowest BCUT2D eigenvalue weighted by molar-refractivity contribution is 0.0572. The minimum atomic E-state index is -0.343. The van der Waals surface area contributed by atoms with Crippen molar-refractivity contribution >= 4 is 0 Å². The van der Waals surface area contributed by atoms with Gasteiger partial charge in [-0.15, -0.1) is 0 Å². The summed E-state index contributed by atoms with van der Waals surface area (Å²) in [7, 11) is 0. The van der Waals surface area contributed by atoms with Crippen molar-refractivity contribution in [3.63, 3.8) is 0 Å². The van der Waals surface area contributed by atoms with Crippen LogP contribution in [0, 0.1) is 11.7 Å². The van der Waals surface area contributed by atoms with Crippen molar-refractivity contribution < 1.29 is 9.13 Å². The summed E-state index contributed by atoms with van der Waals surface area (Å²) in [6.07, 6.45) is 3.68. The molecule has 1 aliphatic rings. The molecule has 0 spiro atoms. The molecule has 0 aromatic heterocycles. The fourth-order valence-electron chi connectivity index (χ4n) is 2.76. The largest absolute Gasteiger partial charge is 0.381 e. The van der Waals surface area contributed by atoms with Gasteiger partial charge in [-0.05, 0) is 50.2 Å². The topological polar surface area (TPSA) is 35.2 Å². The monoisotopic (exact) mass is 251 g/mol. The molecule has 2 nitrogen and oxygen atoms in total. The van der Waals surface area contributed by atoms with Gasteiger partial charge in [0.2, 0.25) is 0 Å². The standard InChI is InChI=1S/C15H22FNO/c1-15(17,10-12-6-8-18-9-7-12)11-13-4-2-3-5-14(13)16/h2-5,12H,6-11,17H2,1H3. The molecule has 3 heteroatoms. The van der Waals surface area contributed by atoms with E-state index in [9.17, 15) is 4.39 Å². The third kappa shape index (κ3) is 3.79. The highest BCUT2D eigenvalue weighted by Crippen LogP contribution is 2.26. The molecule has 1 fully saturated rings. The van der Waals surface area contributed by atoms with Gasteiger partial charge in [0, 0.05) is 18.8 Å². The number of hydrogen-bond acceptors (Lipinski definition) is 2. The Hall–Kier alpha value is -0.930. The Balaban J connectivity index is 1.96. The van der Waals surface area contributed by atoms with Gasteiger partial charge >= 0.3 is 0 Å². The van der Waals surface area contributed by atoms with Crippen molar-refractivity contribution in [2.45, 2.75) is 38.1 Å². The number of halogens is 1. The molecule has 0 aliphatic carbocycles. The van der Waals surface area contributed by atoms with Gasteiger partial charge in [0.05, 0.1) is 0 Å². The maximum absolute atomic E-state index is 13.6. The Morgan fingerprint density at radius 2 is 2.00 bits per heavy atom. The van der Waals surface area contributed by atoms with Crippen LogP contribution < -0.4 is 5.73 Å². The van der Waals surface area contributed by atoms with E-state index in [4.69, 9.17) is 10.5 Å². The predicted octanol–water partition coefficient (Wildman–Crippen LogP) is 2.90. The summed E-state index contributed by atoms with van der Waals surface area (Å²) in [4.78, 5) is 0. The van der Waals surface area contributed by atoms with Gasteiger partial charge in [-0.3, -0.25) is 0 Å². The highest BCUT2D eigenvalue weighted by molar-refractivity contribution is 5.19. The first-order valence-corrected chi connectivity index (χ1v) is 6.67. The fourth-order valence-corrected chi connectivity index (χ4v) is 2.76. The Morgan fingerprint density at radius 1 is 1.33 bits per heavy atom. The van der Waals surface area contributed by atoms with Crippen molar-refractivity contribution in [3.8, 4) is 0 Å². The van der Waals surface area contributed by atoms with E-state index in [2.05, 4.69) is 0 Å². The van der Waals surface area contributed by atoms with Crippen molar-refractivity contribution in [3.05, 3.63) is 35.6 Å². The van der Waals surface area contributed by atoms with Crippen LogP contribution in [0.5, 0.6) is 0 Å². The van der Waals surface area contributed by atoms with Gasteiger partial charge in [0.15, 0.2) is 0 Å². The maximum Gasteiger partial charge on any atom is 0.126 e. The van der Waals surface area contributed by atoms with Crippen molar-refractivity contribution in [1.82, 2.24) is 0 Å². The number of hydrogen-bond donors (Lipinski definition) is 1. The van der Waals surface area contributed by atoms with Crippen molar-refractivity contribution in [2.24, 2.45) is 11.7 Å². The van der Waals surface area contributed by atoms with Crippen LogP contribution in [0.4, 0.5) is 4.39 Å². The maximum atomic E-state index is 13.6. The molecular formula is C15H22FNO. The Kier molecular flexibility index (Phi) is 4.36. The minimum absolute atomic E-state index is 0.152. The molecule has 0 saturated carbocycles. The number of benzene rings is 1. The van der Waals surface area contributed by atoms with E-state index in [1.807, 2.05) is 19.1 Å². The molecule has 1 aliphatic heterocycles. The van der Waals surface area contributed by atoms with E-state index in [0.717, 1.165) is 38.0 Å². The molecule has 1 aromatic carbocycles. The highest BCUT2D eigenvalue weighted by Gasteiger charge is 2.26. The van der Waals surface area contributed by atoms with Crippen LogP contribution in [0.3, 0.4) is 0 Å². The molecule has 1 aromatic rings. The van der Waals surface area contributed by atoms with Crippen molar-refractivity contribution in [1.29, 1.82) is 0 Å². The first-order valence-electron chi connectivity index (χ1n) is 6.67. The Morgan fingerprint density at radius 3 is 2.67 bits per heavy atom. The third-order valence-corrected chi connectivity index (χ3v) is 3.65. The summed E-state index contributed by atoms with van der Waals surface area (Å²) in [6, 6.07) is 6.90. The highest BCUT2D eigenvalue weighted by atomic mass is 19.1. The van der Waals surface area contributed by atoms with Gasteiger partial charge in [-0.25, -0.2) is 4.39 Å². The summed E-state index contributed by atoms with van der Waals surface area (Å²) in [5.41, 5.74) is 6.72. The first-order chi connectivity index (χ1) is 8.57. The smallest absolute Gasteiger partial charge is 0.126 e. The SMILES string of the molecule is CC(N)(Cc1ccccc1F)CC1CCOCC1. The molecule has 0 bridgehead atoms. The van der Waals surface area contributed by atoms with Crippen LogP contribution in [-0.4, -0.2) is 18.8 Å². The third-order valence-electron chi connectivity index (χ3n) is 3.65. The van der Waals surface area contributed by atoms with E-state index < -0.39 is 0 Å². The van der Waals surface area contributed by atoms with E-state index in [0.29, 0.717) is 12.3 Å². The van der Waals surface area contributed by atoms with Gasteiger partial charge < -0.3 is 10.5 Å². The van der Waals surface area contributed by atoms with Crippen LogP contribution in [0.2, 0.25) is 0 Å². The Labute approximate surface area is 108 Å². The van der Waals surface area contributed by atoms with Gasteiger partial charge in [-0.1, -0.05) is 18.2 Å². The zero-order chi connectivity index (χ0) is 13.0. The molecule has 1 atom stereocenters. The summed E-state index contributed by atoms with van der Waals surface area (Å²) in [5.74, 6) is 0.460. The summed E-state index contributed by atoms with van der Waals surface area (Å²) in [5, 5.41) is 0. The molecule has 1 unspecified atom stereocenters. The van der Waals surface area contributed by atoms with E-state index in [-0.39, 0.29) is 11.4 Å². The summed E-state index contributed by atoms with van der Waals surface area (Å²) >= 11 is 0. The van der Waals surface area contributed by atoms with Crippen molar-refractivity contribution in [2.75, 3.05) is 13.2 Å². The number of rotatable bonds is 4. The molecule has 2 rings (SSSR count). The van der Waals surface area contributed by atoms with Gasteiger partial charge in [0.25, 0.3) is 0 Å². The Bertz CT molecular complexity index is 386. The summed E-state index contributed by atoms with van der Waals surface area (Å²) in [6.45, 7) is 3.69. The molecule has 1 heterocycles. The van der Waals surface area contributed by atoms with Crippen LogP contribution in [0.25, 0.3) is 0 Å². The summed E-state index contributed by atoms with van der Waals surface area (Å²) < 4.78 is 19.0. The lowest BCUT2D eigenvalue weighted by Crippen LogP contribution is -2.41. The molecule has 1 saturated heterocycles. The second-order valence-corrected chi connectivity index (χ2v) is 5.68. The van der Waals surface area contributed by atoms with Crippen LogP contribution in [0.1, 0.15) is 31.7 Å².